The Morgan fingerprint density at radius 2 is 1.84 bits per heavy atom. The molecule has 0 unspecified atom stereocenters. The van der Waals surface area contributed by atoms with Gasteiger partial charge in [0.05, 0.1) is 17.8 Å². The average Bonchev–Trinajstić information content (AvgIpc) is 2.92. The third kappa shape index (κ3) is 5.15. The van der Waals surface area contributed by atoms with Crippen molar-refractivity contribution in [2.24, 2.45) is 0 Å². The van der Waals surface area contributed by atoms with Crippen LogP contribution in [-0.2, 0) is 11.0 Å². The van der Waals surface area contributed by atoms with Gasteiger partial charge in [0.25, 0.3) is 0 Å². The van der Waals surface area contributed by atoms with Gasteiger partial charge in [-0.2, -0.15) is 13.2 Å². The number of anilines is 2. The molecular formula is C22H25F3N4OS. The normalized spacial score (nSPS) is 20.3. The van der Waals surface area contributed by atoms with E-state index in [2.05, 4.69) is 22.9 Å². The van der Waals surface area contributed by atoms with Crippen molar-refractivity contribution in [2.45, 2.75) is 29.7 Å². The van der Waals surface area contributed by atoms with E-state index in [0.29, 0.717) is 50.3 Å². The molecule has 9 heteroatoms. The first-order valence-corrected chi connectivity index (χ1v) is 11.3. The molecule has 1 atom stereocenters. The zero-order chi connectivity index (χ0) is 22.0. The van der Waals surface area contributed by atoms with Crippen molar-refractivity contribution >= 4 is 29.2 Å². The SMILES string of the molecule is C[C@H]1CCN(C(=O)CN2CCN(c3ccc(C(F)(F)F)cn3)CC2)c2ccccc2S1. The summed E-state index contributed by atoms with van der Waals surface area (Å²) >= 11 is 1.81. The van der Waals surface area contributed by atoms with E-state index in [1.807, 2.05) is 39.8 Å². The molecule has 166 valence electrons. The van der Waals surface area contributed by atoms with Crippen LogP contribution < -0.4 is 9.80 Å². The first kappa shape index (κ1) is 22.0. The van der Waals surface area contributed by atoms with Crippen LogP contribution >= 0.6 is 11.8 Å². The molecule has 0 N–H and O–H groups in total. The molecule has 5 nitrogen and oxygen atoms in total. The molecule has 1 saturated heterocycles. The molecule has 0 aliphatic carbocycles. The highest BCUT2D eigenvalue weighted by Crippen LogP contribution is 2.37. The van der Waals surface area contributed by atoms with Crippen LogP contribution in [-0.4, -0.2) is 60.3 Å². The van der Waals surface area contributed by atoms with Crippen LogP contribution in [0.2, 0.25) is 0 Å². The number of fused-ring (bicyclic) bond motifs is 1. The fraction of sp³-hybridized carbons (Fsp3) is 0.455. The maximum Gasteiger partial charge on any atom is 0.417 e. The Labute approximate surface area is 184 Å². The fourth-order valence-electron chi connectivity index (χ4n) is 3.90. The third-order valence-corrected chi connectivity index (χ3v) is 6.91. The molecule has 1 fully saturated rings. The predicted molar refractivity (Wildman–Crippen MR) is 117 cm³/mol. The topological polar surface area (TPSA) is 39.7 Å². The van der Waals surface area contributed by atoms with Gasteiger partial charge < -0.3 is 9.80 Å². The van der Waals surface area contributed by atoms with Crippen molar-refractivity contribution in [3.05, 3.63) is 48.2 Å². The smallest absolute Gasteiger partial charge is 0.354 e. The lowest BCUT2D eigenvalue weighted by Gasteiger charge is -2.36. The molecule has 1 aromatic heterocycles. The van der Waals surface area contributed by atoms with Crippen molar-refractivity contribution in [3.8, 4) is 0 Å². The number of para-hydroxylation sites is 1. The van der Waals surface area contributed by atoms with Gasteiger partial charge in [0, 0.05) is 49.1 Å². The first-order valence-electron chi connectivity index (χ1n) is 10.4. The quantitative estimate of drug-likeness (QED) is 0.703. The number of carbonyl (C=O) groups excluding carboxylic acids is 1. The van der Waals surface area contributed by atoms with Gasteiger partial charge in [0.15, 0.2) is 0 Å². The highest BCUT2D eigenvalue weighted by molar-refractivity contribution is 8.00. The van der Waals surface area contributed by atoms with E-state index >= 15 is 0 Å². The Hall–Kier alpha value is -2.26. The number of alkyl halides is 3. The Balaban J connectivity index is 1.35. The standard InChI is InChI=1S/C22H25F3N4OS/c1-16-8-9-29(18-4-2-3-5-19(18)31-16)21(30)15-27-10-12-28(13-11-27)20-7-6-17(14-26-20)22(23,24)25/h2-7,14,16H,8-13,15H2,1H3/t16-/m0/s1. The van der Waals surface area contributed by atoms with E-state index in [9.17, 15) is 18.0 Å². The summed E-state index contributed by atoms with van der Waals surface area (Å²) in [6.45, 7) is 5.79. The predicted octanol–water partition coefficient (Wildman–Crippen LogP) is 4.14. The van der Waals surface area contributed by atoms with E-state index in [1.54, 1.807) is 0 Å². The molecule has 2 aromatic rings. The summed E-state index contributed by atoms with van der Waals surface area (Å²) in [6, 6.07) is 10.5. The molecule has 0 spiro atoms. The Kier molecular flexibility index (Phi) is 6.43. The molecule has 2 aliphatic heterocycles. The van der Waals surface area contributed by atoms with E-state index < -0.39 is 11.7 Å². The number of amides is 1. The summed E-state index contributed by atoms with van der Waals surface area (Å²) in [6.07, 6.45) is -2.56. The minimum Gasteiger partial charge on any atom is -0.354 e. The molecule has 0 radical (unpaired) electrons. The summed E-state index contributed by atoms with van der Waals surface area (Å²) in [5.74, 6) is 0.620. The summed E-state index contributed by atoms with van der Waals surface area (Å²) in [5, 5.41) is 0.457. The second-order valence-electron chi connectivity index (χ2n) is 7.90. The minimum absolute atomic E-state index is 0.0863. The number of aromatic nitrogens is 1. The van der Waals surface area contributed by atoms with Gasteiger partial charge in [0.2, 0.25) is 5.91 Å². The van der Waals surface area contributed by atoms with Crippen LogP contribution in [0, 0.1) is 0 Å². The number of hydrogen-bond acceptors (Lipinski definition) is 5. The van der Waals surface area contributed by atoms with Crippen molar-refractivity contribution in [2.75, 3.05) is 49.1 Å². The number of pyridine rings is 1. The zero-order valence-electron chi connectivity index (χ0n) is 17.3. The molecule has 31 heavy (non-hydrogen) atoms. The van der Waals surface area contributed by atoms with Crippen LogP contribution in [0.3, 0.4) is 0 Å². The monoisotopic (exact) mass is 450 g/mol. The lowest BCUT2D eigenvalue weighted by Crippen LogP contribution is -2.50. The highest BCUT2D eigenvalue weighted by atomic mass is 32.2. The zero-order valence-corrected chi connectivity index (χ0v) is 18.1. The second kappa shape index (κ2) is 9.08. The number of hydrogen-bond donors (Lipinski definition) is 0. The van der Waals surface area contributed by atoms with E-state index in [-0.39, 0.29) is 5.91 Å². The van der Waals surface area contributed by atoms with E-state index in [4.69, 9.17) is 0 Å². The summed E-state index contributed by atoms with van der Waals surface area (Å²) in [5.41, 5.74) is 0.236. The van der Waals surface area contributed by atoms with Crippen LogP contribution in [0.1, 0.15) is 18.9 Å². The maximum atomic E-state index is 13.1. The molecule has 1 amide bonds. The molecule has 3 heterocycles. The number of piperazine rings is 1. The Morgan fingerprint density at radius 3 is 2.52 bits per heavy atom. The van der Waals surface area contributed by atoms with Crippen LogP contribution in [0.5, 0.6) is 0 Å². The first-order chi connectivity index (χ1) is 14.8. The largest absolute Gasteiger partial charge is 0.417 e. The lowest BCUT2D eigenvalue weighted by molar-refractivity contribution is -0.137. The fourth-order valence-corrected chi connectivity index (χ4v) is 5.01. The van der Waals surface area contributed by atoms with Gasteiger partial charge in [-0.1, -0.05) is 19.1 Å². The molecule has 2 aliphatic rings. The molecule has 1 aromatic carbocycles. The van der Waals surface area contributed by atoms with Gasteiger partial charge in [0.1, 0.15) is 5.82 Å². The van der Waals surface area contributed by atoms with Crippen LogP contribution in [0.15, 0.2) is 47.5 Å². The van der Waals surface area contributed by atoms with Crippen molar-refractivity contribution < 1.29 is 18.0 Å². The van der Waals surface area contributed by atoms with Gasteiger partial charge >= 0.3 is 6.18 Å². The highest BCUT2D eigenvalue weighted by Gasteiger charge is 2.31. The van der Waals surface area contributed by atoms with Gasteiger partial charge in [-0.05, 0) is 30.7 Å². The number of thioether (sulfide) groups is 1. The van der Waals surface area contributed by atoms with Gasteiger partial charge in [-0.3, -0.25) is 9.69 Å². The molecule has 0 bridgehead atoms. The van der Waals surface area contributed by atoms with E-state index in [0.717, 1.165) is 29.3 Å². The number of rotatable bonds is 3. The van der Waals surface area contributed by atoms with Crippen molar-refractivity contribution in [1.82, 2.24) is 9.88 Å². The second-order valence-corrected chi connectivity index (χ2v) is 9.38. The average molecular weight is 451 g/mol. The number of carbonyl (C=O) groups is 1. The molecule has 4 rings (SSSR count). The molecular weight excluding hydrogens is 425 g/mol. The Morgan fingerprint density at radius 1 is 1.10 bits per heavy atom. The summed E-state index contributed by atoms with van der Waals surface area (Å²) in [7, 11) is 0. The summed E-state index contributed by atoms with van der Waals surface area (Å²) in [4.78, 5) is 24.2. The third-order valence-electron chi connectivity index (χ3n) is 5.67. The minimum atomic E-state index is -4.38. The van der Waals surface area contributed by atoms with Crippen LogP contribution in [0.4, 0.5) is 24.7 Å². The number of nitrogens with zero attached hydrogens (tertiary/aromatic N) is 4. The number of halogens is 3. The molecule has 0 saturated carbocycles. The van der Waals surface area contributed by atoms with E-state index in [1.165, 1.54) is 6.07 Å². The van der Waals surface area contributed by atoms with Gasteiger partial charge in [-0.25, -0.2) is 4.98 Å². The Bertz CT molecular complexity index is 914. The van der Waals surface area contributed by atoms with Crippen LogP contribution in [0.25, 0.3) is 0 Å². The van der Waals surface area contributed by atoms with Crippen molar-refractivity contribution in [1.29, 1.82) is 0 Å². The van der Waals surface area contributed by atoms with Crippen molar-refractivity contribution in [3.63, 3.8) is 0 Å². The maximum absolute atomic E-state index is 13.1. The number of benzene rings is 1. The summed E-state index contributed by atoms with van der Waals surface area (Å²) < 4.78 is 38.2. The lowest BCUT2D eigenvalue weighted by atomic mass is 10.2. The van der Waals surface area contributed by atoms with Gasteiger partial charge in [-0.15, -0.1) is 11.8 Å².